The number of hydrogen-bond acceptors (Lipinski definition) is 7. The fourth-order valence-corrected chi connectivity index (χ4v) is 4.47. The number of nitrogens with zero attached hydrogens (tertiary/aromatic N) is 1. The van der Waals surface area contributed by atoms with Gasteiger partial charge in [-0.2, -0.15) is 8.78 Å². The normalized spacial score (nSPS) is 13.4. The number of ether oxygens (including phenoxy) is 1. The predicted octanol–water partition coefficient (Wildman–Crippen LogP) is 4.10. The highest BCUT2D eigenvalue weighted by atomic mass is 19.3. The van der Waals surface area contributed by atoms with Gasteiger partial charge in [-0.05, 0) is 41.2 Å². The summed E-state index contributed by atoms with van der Waals surface area (Å²) < 4.78 is 36.0. The molecule has 0 unspecified atom stereocenters. The number of aryl methyl sites for hydroxylation is 1. The molecule has 4 N–H and O–H groups in total. The molecule has 0 fully saturated rings. The molecule has 0 aliphatic carbocycles. The highest BCUT2D eigenvalue weighted by Gasteiger charge is 2.51. The third kappa shape index (κ3) is 9.50. The van der Waals surface area contributed by atoms with Gasteiger partial charge in [0.15, 0.2) is 5.78 Å². The van der Waals surface area contributed by atoms with E-state index in [4.69, 9.17) is 10.5 Å². The van der Waals surface area contributed by atoms with Crippen molar-refractivity contribution in [3.8, 4) is 0 Å². The lowest BCUT2D eigenvalue weighted by Gasteiger charge is -2.36. The van der Waals surface area contributed by atoms with Crippen molar-refractivity contribution in [1.82, 2.24) is 15.6 Å². The molecule has 0 aliphatic heterocycles. The molecule has 2 amide bonds. The van der Waals surface area contributed by atoms with Gasteiger partial charge in [0.1, 0.15) is 18.7 Å². The number of carbonyl (C=O) groups is 4. The molecule has 0 radical (unpaired) electrons. The Hall–Kier alpha value is -4.51. The second-order valence-corrected chi connectivity index (χ2v) is 10.6. The molecule has 0 saturated heterocycles. The number of alkyl halides is 2. The van der Waals surface area contributed by atoms with Crippen LogP contribution in [0.25, 0.3) is 0 Å². The molecular weight excluding hydrogens is 558 g/mol. The first-order chi connectivity index (χ1) is 20.4. The van der Waals surface area contributed by atoms with Crippen LogP contribution in [0.2, 0.25) is 0 Å². The number of amides is 2. The number of nitrogens with one attached hydrogen (secondary N) is 2. The first kappa shape index (κ1) is 33.0. The molecular formula is C32H36F2N4O5. The van der Waals surface area contributed by atoms with E-state index < -0.39 is 66.4 Å². The molecule has 228 valence electrons. The first-order valence-electron chi connectivity index (χ1n) is 13.8. The zero-order valence-corrected chi connectivity index (χ0v) is 24.1. The van der Waals surface area contributed by atoms with Crippen molar-refractivity contribution in [3.63, 3.8) is 0 Å². The second-order valence-electron chi connectivity index (χ2n) is 10.6. The van der Waals surface area contributed by atoms with Crippen molar-refractivity contribution in [3.05, 3.63) is 102 Å². The monoisotopic (exact) mass is 594 g/mol. The van der Waals surface area contributed by atoms with Crippen LogP contribution in [-0.2, 0) is 37.7 Å². The molecule has 9 nitrogen and oxygen atoms in total. The molecule has 3 rings (SSSR count). The highest BCUT2D eigenvalue weighted by molar-refractivity contribution is 5.98. The minimum atomic E-state index is -3.93. The van der Waals surface area contributed by atoms with Crippen LogP contribution in [0.4, 0.5) is 13.6 Å². The van der Waals surface area contributed by atoms with Crippen molar-refractivity contribution < 1.29 is 32.7 Å². The number of aromatic nitrogens is 1. The smallest absolute Gasteiger partial charge is 0.407 e. The van der Waals surface area contributed by atoms with Crippen LogP contribution in [0, 0.1) is 5.92 Å². The van der Waals surface area contributed by atoms with Gasteiger partial charge >= 0.3 is 12.0 Å². The Kier molecular flexibility index (Phi) is 11.6. The molecule has 2 atom stereocenters. The van der Waals surface area contributed by atoms with Gasteiger partial charge in [0.25, 0.3) is 0 Å². The fourth-order valence-electron chi connectivity index (χ4n) is 4.47. The molecule has 0 saturated carbocycles. The van der Waals surface area contributed by atoms with E-state index in [1.807, 2.05) is 0 Å². The van der Waals surface area contributed by atoms with Gasteiger partial charge in [0, 0.05) is 25.2 Å². The van der Waals surface area contributed by atoms with Crippen LogP contribution in [0.15, 0.2) is 85.2 Å². The summed E-state index contributed by atoms with van der Waals surface area (Å²) in [5.74, 6) is -7.48. The third-order valence-electron chi connectivity index (χ3n) is 6.90. The number of carbonyl (C=O) groups excluding carboxylic acids is 4. The summed E-state index contributed by atoms with van der Waals surface area (Å²) >= 11 is 0. The van der Waals surface area contributed by atoms with Gasteiger partial charge < -0.3 is 21.1 Å². The third-order valence-corrected chi connectivity index (χ3v) is 6.90. The zero-order chi connectivity index (χ0) is 31.5. The molecule has 0 bridgehead atoms. The second kappa shape index (κ2) is 15.1. The Morgan fingerprint density at radius 2 is 1.51 bits per heavy atom. The number of pyridine rings is 1. The highest BCUT2D eigenvalue weighted by Crippen LogP contribution is 2.36. The SMILES string of the molecule is CC(C)[C@H](NC(=O)CNC(=O)OCc1ccncc1)C(=O)[C@](N)(CC(F)(F)C(=O)CCc1ccccc1)c1ccccc1. The summed E-state index contributed by atoms with van der Waals surface area (Å²) in [6, 6.07) is 18.4. The Labute approximate surface area is 249 Å². The Bertz CT molecular complexity index is 1370. The minimum absolute atomic E-state index is 0.0475. The van der Waals surface area contributed by atoms with Crippen LogP contribution in [-0.4, -0.2) is 47.1 Å². The largest absolute Gasteiger partial charge is 0.445 e. The van der Waals surface area contributed by atoms with Crippen LogP contribution >= 0.6 is 0 Å². The topological polar surface area (TPSA) is 140 Å². The number of benzene rings is 2. The fraction of sp³-hybridized carbons (Fsp3) is 0.344. The standard InChI is InChI=1S/C32H36F2N4O5/c1-22(2)28(38-27(40)19-37-30(42)43-20-24-15-17-36-18-16-24)29(41)31(35,25-11-7-4-8-12-25)21-32(33,34)26(39)14-13-23-9-5-3-6-10-23/h3-12,15-18,22,28H,13-14,19-21,35H2,1-2H3,(H,37,42)(H,38,40)/t28-,31-/m0/s1. The molecule has 1 aromatic heterocycles. The molecule has 43 heavy (non-hydrogen) atoms. The van der Waals surface area contributed by atoms with E-state index in [1.165, 1.54) is 24.5 Å². The lowest BCUT2D eigenvalue weighted by Crippen LogP contribution is -2.60. The molecule has 0 aliphatic rings. The van der Waals surface area contributed by atoms with Crippen molar-refractivity contribution in [2.75, 3.05) is 6.54 Å². The lowest BCUT2D eigenvalue weighted by molar-refractivity contribution is -0.149. The van der Waals surface area contributed by atoms with E-state index in [9.17, 15) is 19.2 Å². The van der Waals surface area contributed by atoms with Crippen molar-refractivity contribution in [2.45, 2.75) is 57.2 Å². The number of hydrogen-bond donors (Lipinski definition) is 3. The average molecular weight is 595 g/mol. The maximum atomic E-state index is 15.5. The predicted molar refractivity (Wildman–Crippen MR) is 156 cm³/mol. The summed E-state index contributed by atoms with van der Waals surface area (Å²) in [4.78, 5) is 55.3. The average Bonchev–Trinajstić information content (AvgIpc) is 3.01. The molecule has 2 aromatic carbocycles. The van der Waals surface area contributed by atoms with Crippen molar-refractivity contribution in [1.29, 1.82) is 0 Å². The van der Waals surface area contributed by atoms with Crippen LogP contribution in [0.3, 0.4) is 0 Å². The van der Waals surface area contributed by atoms with E-state index in [-0.39, 0.29) is 18.6 Å². The molecule has 0 spiro atoms. The zero-order valence-electron chi connectivity index (χ0n) is 24.1. The number of halogens is 2. The Morgan fingerprint density at radius 1 is 0.907 bits per heavy atom. The van der Waals surface area contributed by atoms with E-state index in [1.54, 1.807) is 74.5 Å². The van der Waals surface area contributed by atoms with Gasteiger partial charge in [0.05, 0.1) is 6.04 Å². The number of rotatable bonds is 15. The number of ketones is 2. The maximum absolute atomic E-state index is 15.5. The summed E-state index contributed by atoms with van der Waals surface area (Å²) in [6.45, 7) is 2.65. The molecule has 3 aromatic rings. The van der Waals surface area contributed by atoms with E-state index >= 15 is 8.78 Å². The van der Waals surface area contributed by atoms with Gasteiger partial charge in [-0.3, -0.25) is 19.4 Å². The van der Waals surface area contributed by atoms with Gasteiger partial charge in [-0.15, -0.1) is 0 Å². The van der Waals surface area contributed by atoms with Gasteiger partial charge in [-0.25, -0.2) is 4.79 Å². The summed E-state index contributed by atoms with van der Waals surface area (Å²) in [5.41, 5.74) is 5.68. The summed E-state index contributed by atoms with van der Waals surface area (Å²) in [5, 5.41) is 4.80. The van der Waals surface area contributed by atoms with Gasteiger partial charge in [0.2, 0.25) is 11.7 Å². The quantitative estimate of drug-likeness (QED) is 0.241. The van der Waals surface area contributed by atoms with E-state index in [0.29, 0.717) is 5.56 Å². The Morgan fingerprint density at radius 3 is 2.12 bits per heavy atom. The molecule has 1 heterocycles. The molecule has 11 heteroatoms. The van der Waals surface area contributed by atoms with Crippen LogP contribution < -0.4 is 16.4 Å². The van der Waals surface area contributed by atoms with E-state index in [2.05, 4.69) is 15.6 Å². The van der Waals surface area contributed by atoms with Gasteiger partial charge in [-0.1, -0.05) is 74.5 Å². The first-order valence-corrected chi connectivity index (χ1v) is 13.8. The van der Waals surface area contributed by atoms with Crippen molar-refractivity contribution in [2.24, 2.45) is 11.7 Å². The minimum Gasteiger partial charge on any atom is -0.445 e. The van der Waals surface area contributed by atoms with E-state index in [0.717, 1.165) is 5.56 Å². The summed E-state index contributed by atoms with van der Waals surface area (Å²) in [7, 11) is 0. The number of nitrogens with two attached hydrogens (primary N) is 1. The lowest BCUT2D eigenvalue weighted by atomic mass is 9.76. The maximum Gasteiger partial charge on any atom is 0.407 e. The van der Waals surface area contributed by atoms with Crippen LogP contribution in [0.1, 0.15) is 43.4 Å². The number of Topliss-reactive ketones (excluding diaryl/α,β-unsaturated/α-hetero) is 2. The summed E-state index contributed by atoms with van der Waals surface area (Å²) in [6.07, 6.45) is 0.589. The van der Waals surface area contributed by atoms with Crippen molar-refractivity contribution >= 4 is 23.6 Å². The number of alkyl carbamates (subject to hydrolysis) is 1. The van der Waals surface area contributed by atoms with Crippen LogP contribution in [0.5, 0.6) is 0 Å². The Balaban J connectivity index is 1.71.